The predicted molar refractivity (Wildman–Crippen MR) is 102 cm³/mol. The lowest BCUT2D eigenvalue weighted by molar-refractivity contribution is 0.249. The van der Waals surface area contributed by atoms with Crippen LogP contribution in [0.1, 0.15) is 31.7 Å². The molecule has 1 fully saturated rings. The van der Waals surface area contributed by atoms with Crippen LogP contribution in [0.15, 0.2) is 36.5 Å². The normalized spacial score (nSPS) is 15.3. The first kappa shape index (κ1) is 17.6. The van der Waals surface area contributed by atoms with Crippen LogP contribution in [0.4, 0.5) is 11.8 Å². The maximum atomic E-state index is 4.63. The minimum absolute atomic E-state index is 0.639. The summed E-state index contributed by atoms with van der Waals surface area (Å²) in [7, 11) is 0. The van der Waals surface area contributed by atoms with Crippen LogP contribution in [0, 0.1) is 0 Å². The first-order valence-corrected chi connectivity index (χ1v) is 9.30. The number of hydrogen-bond donors (Lipinski definition) is 1. The smallest absolute Gasteiger partial charge is 0.244 e. The standard InChI is InChI=1S/C19H28N6/c1-2-3-7-10-20-19-22-18(15-21-23-19)25-13-11-24(12-14-25)16-17-8-5-4-6-9-17/h4-6,8-9,15H,2-3,7,10-14,16H2,1H3,(H,20,22,23). The monoisotopic (exact) mass is 340 g/mol. The lowest BCUT2D eigenvalue weighted by Crippen LogP contribution is -2.46. The molecule has 1 N–H and O–H groups in total. The maximum Gasteiger partial charge on any atom is 0.244 e. The van der Waals surface area contributed by atoms with Crippen molar-refractivity contribution in [3.8, 4) is 0 Å². The molecule has 134 valence electrons. The van der Waals surface area contributed by atoms with Crippen LogP contribution in [-0.2, 0) is 6.54 Å². The van der Waals surface area contributed by atoms with Gasteiger partial charge in [-0.1, -0.05) is 50.1 Å². The fourth-order valence-electron chi connectivity index (χ4n) is 3.07. The van der Waals surface area contributed by atoms with Crippen molar-refractivity contribution in [1.29, 1.82) is 0 Å². The Kier molecular flexibility index (Phi) is 6.56. The summed E-state index contributed by atoms with van der Waals surface area (Å²) >= 11 is 0. The van der Waals surface area contributed by atoms with E-state index in [0.29, 0.717) is 5.95 Å². The fourth-order valence-corrected chi connectivity index (χ4v) is 3.07. The summed E-state index contributed by atoms with van der Waals surface area (Å²) in [5, 5.41) is 11.5. The first-order valence-electron chi connectivity index (χ1n) is 9.30. The van der Waals surface area contributed by atoms with Gasteiger partial charge in [0, 0.05) is 39.3 Å². The molecule has 6 nitrogen and oxygen atoms in total. The molecule has 0 radical (unpaired) electrons. The van der Waals surface area contributed by atoms with Crippen LogP contribution in [0.5, 0.6) is 0 Å². The van der Waals surface area contributed by atoms with E-state index in [1.54, 1.807) is 6.20 Å². The highest BCUT2D eigenvalue weighted by Crippen LogP contribution is 2.15. The zero-order valence-corrected chi connectivity index (χ0v) is 15.1. The van der Waals surface area contributed by atoms with E-state index in [4.69, 9.17) is 0 Å². The summed E-state index contributed by atoms with van der Waals surface area (Å²) in [6.07, 6.45) is 5.35. The average molecular weight is 340 g/mol. The molecule has 1 saturated heterocycles. The van der Waals surface area contributed by atoms with Crippen molar-refractivity contribution in [2.24, 2.45) is 0 Å². The second kappa shape index (κ2) is 9.32. The fraction of sp³-hybridized carbons (Fsp3) is 0.526. The largest absolute Gasteiger partial charge is 0.353 e. The van der Waals surface area contributed by atoms with Gasteiger partial charge in [0.25, 0.3) is 0 Å². The zero-order valence-electron chi connectivity index (χ0n) is 15.1. The minimum atomic E-state index is 0.639. The van der Waals surface area contributed by atoms with Crippen molar-refractivity contribution in [2.45, 2.75) is 32.7 Å². The lowest BCUT2D eigenvalue weighted by atomic mass is 10.2. The van der Waals surface area contributed by atoms with Gasteiger partial charge in [-0.15, -0.1) is 5.10 Å². The van der Waals surface area contributed by atoms with Gasteiger partial charge in [-0.05, 0) is 12.0 Å². The molecule has 0 unspecified atom stereocenters. The van der Waals surface area contributed by atoms with E-state index in [9.17, 15) is 0 Å². The minimum Gasteiger partial charge on any atom is -0.353 e. The summed E-state index contributed by atoms with van der Waals surface area (Å²) in [5.74, 6) is 1.56. The number of unbranched alkanes of at least 4 members (excludes halogenated alkanes) is 2. The topological polar surface area (TPSA) is 57.2 Å². The third kappa shape index (κ3) is 5.39. The predicted octanol–water partition coefficient (Wildman–Crippen LogP) is 2.80. The maximum absolute atomic E-state index is 4.63. The molecule has 0 saturated carbocycles. The van der Waals surface area contributed by atoms with E-state index in [1.165, 1.54) is 18.4 Å². The quantitative estimate of drug-likeness (QED) is 0.746. The van der Waals surface area contributed by atoms with Gasteiger partial charge < -0.3 is 10.2 Å². The second-order valence-electron chi connectivity index (χ2n) is 6.52. The Morgan fingerprint density at radius 1 is 1.04 bits per heavy atom. The first-order chi connectivity index (χ1) is 12.3. The van der Waals surface area contributed by atoms with Gasteiger partial charge in [0.2, 0.25) is 5.95 Å². The van der Waals surface area contributed by atoms with Crippen molar-refractivity contribution in [2.75, 3.05) is 42.9 Å². The molecule has 0 atom stereocenters. The number of piperazine rings is 1. The molecule has 25 heavy (non-hydrogen) atoms. The van der Waals surface area contributed by atoms with Crippen LogP contribution in [0.25, 0.3) is 0 Å². The van der Waals surface area contributed by atoms with Gasteiger partial charge in [0.05, 0.1) is 6.20 Å². The van der Waals surface area contributed by atoms with Gasteiger partial charge in [0.15, 0.2) is 5.82 Å². The molecular formula is C19H28N6. The van der Waals surface area contributed by atoms with Crippen molar-refractivity contribution < 1.29 is 0 Å². The third-order valence-electron chi connectivity index (χ3n) is 4.55. The van der Waals surface area contributed by atoms with Crippen molar-refractivity contribution in [3.63, 3.8) is 0 Å². The molecule has 1 aromatic heterocycles. The highest BCUT2D eigenvalue weighted by Gasteiger charge is 2.18. The number of benzene rings is 1. The van der Waals surface area contributed by atoms with Gasteiger partial charge >= 0.3 is 0 Å². The number of rotatable bonds is 8. The Hall–Kier alpha value is -2.21. The van der Waals surface area contributed by atoms with E-state index in [0.717, 1.165) is 51.5 Å². The molecule has 0 bridgehead atoms. The lowest BCUT2D eigenvalue weighted by Gasteiger charge is -2.35. The molecule has 3 rings (SSSR count). The molecule has 6 heteroatoms. The Labute approximate surface area is 150 Å². The molecule has 0 amide bonds. The summed E-state index contributed by atoms with van der Waals surface area (Å²) < 4.78 is 0. The Morgan fingerprint density at radius 3 is 2.60 bits per heavy atom. The van der Waals surface area contributed by atoms with E-state index in [-0.39, 0.29) is 0 Å². The van der Waals surface area contributed by atoms with Crippen LogP contribution in [0.3, 0.4) is 0 Å². The number of aromatic nitrogens is 3. The zero-order chi connectivity index (χ0) is 17.3. The Bertz CT molecular complexity index is 625. The summed E-state index contributed by atoms with van der Waals surface area (Å²) in [5.41, 5.74) is 1.37. The molecule has 2 heterocycles. The van der Waals surface area contributed by atoms with E-state index in [1.807, 2.05) is 0 Å². The molecule has 2 aromatic rings. The van der Waals surface area contributed by atoms with Gasteiger partial charge in [-0.3, -0.25) is 4.90 Å². The van der Waals surface area contributed by atoms with E-state index < -0.39 is 0 Å². The molecule has 1 aliphatic rings. The van der Waals surface area contributed by atoms with Gasteiger partial charge in [0.1, 0.15) is 0 Å². The molecular weight excluding hydrogens is 312 g/mol. The number of nitrogens with zero attached hydrogens (tertiary/aromatic N) is 5. The van der Waals surface area contributed by atoms with Crippen LogP contribution in [-0.4, -0.2) is 52.8 Å². The second-order valence-corrected chi connectivity index (χ2v) is 6.52. The van der Waals surface area contributed by atoms with Crippen molar-refractivity contribution in [1.82, 2.24) is 20.1 Å². The summed E-state index contributed by atoms with van der Waals surface area (Å²) in [6, 6.07) is 10.7. The molecule has 1 aromatic carbocycles. The SMILES string of the molecule is CCCCCNc1nncc(N2CCN(Cc3ccccc3)CC2)n1. The Balaban J connectivity index is 1.49. The number of hydrogen-bond acceptors (Lipinski definition) is 6. The molecule has 0 spiro atoms. The third-order valence-corrected chi connectivity index (χ3v) is 4.55. The van der Waals surface area contributed by atoms with Crippen LogP contribution >= 0.6 is 0 Å². The van der Waals surface area contributed by atoms with E-state index in [2.05, 4.69) is 67.6 Å². The van der Waals surface area contributed by atoms with Gasteiger partial charge in [-0.2, -0.15) is 10.1 Å². The highest BCUT2D eigenvalue weighted by atomic mass is 15.3. The number of anilines is 2. The average Bonchev–Trinajstić information content (AvgIpc) is 2.67. The summed E-state index contributed by atoms with van der Waals surface area (Å²) in [6.45, 7) is 8.15. The summed E-state index contributed by atoms with van der Waals surface area (Å²) in [4.78, 5) is 9.42. The molecule has 1 aliphatic heterocycles. The van der Waals surface area contributed by atoms with Crippen molar-refractivity contribution >= 4 is 11.8 Å². The van der Waals surface area contributed by atoms with Crippen molar-refractivity contribution in [3.05, 3.63) is 42.1 Å². The van der Waals surface area contributed by atoms with Crippen LogP contribution in [0.2, 0.25) is 0 Å². The Morgan fingerprint density at radius 2 is 1.84 bits per heavy atom. The van der Waals surface area contributed by atoms with E-state index >= 15 is 0 Å². The highest BCUT2D eigenvalue weighted by molar-refractivity contribution is 5.40. The van der Waals surface area contributed by atoms with Crippen LogP contribution < -0.4 is 10.2 Å². The number of nitrogens with one attached hydrogen (secondary N) is 1. The van der Waals surface area contributed by atoms with Gasteiger partial charge in [-0.25, -0.2) is 0 Å². The molecule has 0 aliphatic carbocycles.